The number of hydrogen-bond acceptors (Lipinski definition) is 5. The van der Waals surface area contributed by atoms with Crippen LogP contribution in [0.3, 0.4) is 0 Å². The fourth-order valence-electron chi connectivity index (χ4n) is 1.93. The number of nitrogens with one attached hydrogen (secondary N) is 1. The maximum atomic E-state index is 13.9. The van der Waals surface area contributed by atoms with Crippen LogP contribution in [-0.2, 0) is 5.75 Å². The maximum absolute atomic E-state index is 13.9. The predicted octanol–water partition coefficient (Wildman–Crippen LogP) is 5.53. The Bertz CT molecular complexity index is 920. The fraction of sp³-hybridized carbons (Fsp3) is 0.0625. The quantitative estimate of drug-likeness (QED) is 0.441. The van der Waals surface area contributed by atoms with Gasteiger partial charge in [-0.05, 0) is 23.8 Å². The average Bonchev–Trinajstić information content (AvgIpc) is 3.04. The first kappa shape index (κ1) is 18.1. The molecule has 0 saturated heterocycles. The Balaban J connectivity index is 1.64. The number of aromatic nitrogens is 2. The lowest BCUT2D eigenvalue weighted by Crippen LogP contribution is -2.12. The molecule has 0 unspecified atom stereocenters. The molecule has 1 aromatic heterocycles. The summed E-state index contributed by atoms with van der Waals surface area (Å²) in [5, 5.41) is 11.3. The molecule has 1 N–H and O–H groups in total. The zero-order valence-electron chi connectivity index (χ0n) is 12.5. The van der Waals surface area contributed by atoms with Gasteiger partial charge in [0.05, 0.1) is 15.6 Å². The number of anilines is 1. The van der Waals surface area contributed by atoms with Crippen molar-refractivity contribution in [3.8, 4) is 0 Å². The van der Waals surface area contributed by atoms with E-state index in [0.717, 1.165) is 0 Å². The van der Waals surface area contributed by atoms with Crippen molar-refractivity contribution in [2.24, 2.45) is 0 Å². The van der Waals surface area contributed by atoms with E-state index < -0.39 is 5.82 Å². The van der Waals surface area contributed by atoms with Crippen molar-refractivity contribution in [3.05, 3.63) is 69.5 Å². The average molecular weight is 414 g/mol. The topological polar surface area (TPSA) is 54.9 Å². The molecule has 4 nitrogen and oxygen atoms in total. The number of thioether (sulfide) groups is 1. The van der Waals surface area contributed by atoms with Crippen LogP contribution in [0.1, 0.15) is 15.9 Å². The van der Waals surface area contributed by atoms with Crippen LogP contribution in [0.2, 0.25) is 10.0 Å². The van der Waals surface area contributed by atoms with Crippen molar-refractivity contribution in [2.75, 3.05) is 5.32 Å². The summed E-state index contributed by atoms with van der Waals surface area (Å²) in [6.07, 6.45) is 0. The van der Waals surface area contributed by atoms with Gasteiger partial charge in [0.2, 0.25) is 5.13 Å². The SMILES string of the molecule is O=C(Nc1nnc(SCc2cccc(Cl)c2F)s1)c1ccccc1Cl. The summed E-state index contributed by atoms with van der Waals surface area (Å²) in [6, 6.07) is 11.6. The zero-order valence-corrected chi connectivity index (χ0v) is 15.6. The van der Waals surface area contributed by atoms with Crippen LogP contribution >= 0.6 is 46.3 Å². The minimum absolute atomic E-state index is 0.0862. The molecule has 128 valence electrons. The summed E-state index contributed by atoms with van der Waals surface area (Å²) >= 11 is 14.3. The molecule has 2 aromatic carbocycles. The van der Waals surface area contributed by atoms with Crippen LogP contribution in [-0.4, -0.2) is 16.1 Å². The second kappa shape index (κ2) is 8.14. The Morgan fingerprint density at radius 3 is 2.68 bits per heavy atom. The largest absolute Gasteiger partial charge is 0.296 e. The number of rotatable bonds is 5. The van der Waals surface area contributed by atoms with Gasteiger partial charge < -0.3 is 0 Å². The molecule has 0 aliphatic carbocycles. The Morgan fingerprint density at radius 2 is 1.88 bits per heavy atom. The van der Waals surface area contributed by atoms with E-state index in [0.29, 0.717) is 31.4 Å². The first-order chi connectivity index (χ1) is 12.0. The highest BCUT2D eigenvalue weighted by molar-refractivity contribution is 8.00. The summed E-state index contributed by atoms with van der Waals surface area (Å²) in [4.78, 5) is 12.2. The molecule has 0 bridgehead atoms. The lowest BCUT2D eigenvalue weighted by atomic mass is 10.2. The molecular weight excluding hydrogens is 404 g/mol. The lowest BCUT2D eigenvalue weighted by molar-refractivity contribution is 0.102. The number of hydrogen-bond donors (Lipinski definition) is 1. The summed E-state index contributed by atoms with van der Waals surface area (Å²) in [5.74, 6) is -0.438. The third-order valence-electron chi connectivity index (χ3n) is 3.13. The van der Waals surface area contributed by atoms with E-state index in [1.165, 1.54) is 29.2 Å². The van der Waals surface area contributed by atoms with Crippen LogP contribution < -0.4 is 5.32 Å². The molecule has 1 heterocycles. The van der Waals surface area contributed by atoms with E-state index in [9.17, 15) is 9.18 Å². The second-order valence-electron chi connectivity index (χ2n) is 4.81. The fourth-order valence-corrected chi connectivity index (χ4v) is 4.07. The standard InChI is InChI=1S/C16H10Cl2FN3OS2/c17-11-6-2-1-5-10(11)14(23)20-15-21-22-16(25-15)24-8-9-4-3-7-12(18)13(9)19/h1-7H,8H2,(H,20,21,23). The van der Waals surface area contributed by atoms with E-state index >= 15 is 0 Å². The molecule has 0 radical (unpaired) electrons. The first-order valence-corrected chi connectivity index (χ1v) is 9.55. The highest BCUT2D eigenvalue weighted by Gasteiger charge is 2.14. The van der Waals surface area contributed by atoms with Crippen molar-refractivity contribution in [3.63, 3.8) is 0 Å². The van der Waals surface area contributed by atoms with E-state index in [4.69, 9.17) is 23.2 Å². The van der Waals surface area contributed by atoms with Gasteiger partial charge in [-0.3, -0.25) is 10.1 Å². The molecular formula is C16H10Cl2FN3OS2. The minimum atomic E-state index is -0.437. The predicted molar refractivity (Wildman–Crippen MR) is 100 cm³/mol. The van der Waals surface area contributed by atoms with Crippen LogP contribution in [0, 0.1) is 5.82 Å². The molecule has 0 aliphatic heterocycles. The number of halogens is 3. The molecule has 0 aliphatic rings. The molecule has 0 spiro atoms. The van der Waals surface area contributed by atoms with Crippen molar-refractivity contribution in [2.45, 2.75) is 10.1 Å². The van der Waals surface area contributed by atoms with Crippen LogP contribution in [0.4, 0.5) is 9.52 Å². The highest BCUT2D eigenvalue weighted by atomic mass is 35.5. The van der Waals surface area contributed by atoms with Gasteiger partial charge in [-0.2, -0.15) is 0 Å². The van der Waals surface area contributed by atoms with Gasteiger partial charge in [-0.15, -0.1) is 10.2 Å². The molecule has 1 amide bonds. The Hall–Kier alpha value is -1.67. The van der Waals surface area contributed by atoms with Crippen molar-refractivity contribution in [1.82, 2.24) is 10.2 Å². The van der Waals surface area contributed by atoms with Gasteiger partial charge in [0.25, 0.3) is 5.91 Å². The van der Waals surface area contributed by atoms with E-state index in [1.54, 1.807) is 36.4 Å². The third-order valence-corrected chi connectivity index (χ3v) is 5.77. The molecule has 0 fully saturated rings. The summed E-state index contributed by atoms with van der Waals surface area (Å²) in [6.45, 7) is 0. The Kier molecular flexibility index (Phi) is 5.90. The van der Waals surface area contributed by atoms with Gasteiger partial charge in [0.15, 0.2) is 4.34 Å². The Labute approximate surface area is 161 Å². The monoisotopic (exact) mass is 413 g/mol. The minimum Gasteiger partial charge on any atom is -0.296 e. The normalized spacial score (nSPS) is 10.7. The summed E-state index contributed by atoms with van der Waals surface area (Å²) in [5.41, 5.74) is 0.837. The number of benzene rings is 2. The van der Waals surface area contributed by atoms with Crippen LogP contribution in [0.5, 0.6) is 0 Å². The number of amides is 1. The van der Waals surface area contributed by atoms with Gasteiger partial charge in [-0.1, -0.05) is 70.6 Å². The van der Waals surface area contributed by atoms with Crippen molar-refractivity contribution in [1.29, 1.82) is 0 Å². The smallest absolute Gasteiger partial charge is 0.259 e. The van der Waals surface area contributed by atoms with Crippen molar-refractivity contribution < 1.29 is 9.18 Å². The first-order valence-electron chi connectivity index (χ1n) is 6.99. The molecule has 9 heteroatoms. The Morgan fingerprint density at radius 1 is 1.12 bits per heavy atom. The van der Waals surface area contributed by atoms with Gasteiger partial charge >= 0.3 is 0 Å². The lowest BCUT2D eigenvalue weighted by Gasteiger charge is -2.03. The van der Waals surface area contributed by atoms with Crippen LogP contribution in [0.15, 0.2) is 46.8 Å². The van der Waals surface area contributed by atoms with Gasteiger partial charge in [-0.25, -0.2) is 4.39 Å². The number of carbonyl (C=O) groups is 1. The maximum Gasteiger partial charge on any atom is 0.259 e. The van der Waals surface area contributed by atoms with E-state index in [-0.39, 0.29) is 10.9 Å². The highest BCUT2D eigenvalue weighted by Crippen LogP contribution is 2.30. The third kappa shape index (κ3) is 4.49. The molecule has 3 rings (SSSR count). The molecule has 3 aromatic rings. The number of carbonyl (C=O) groups excluding carboxylic acids is 1. The van der Waals surface area contributed by atoms with E-state index in [1.807, 2.05) is 0 Å². The molecule has 0 saturated carbocycles. The summed E-state index contributed by atoms with van der Waals surface area (Å²) in [7, 11) is 0. The van der Waals surface area contributed by atoms with E-state index in [2.05, 4.69) is 15.5 Å². The molecule has 25 heavy (non-hydrogen) atoms. The molecule has 0 atom stereocenters. The zero-order chi connectivity index (χ0) is 17.8. The van der Waals surface area contributed by atoms with Crippen LogP contribution in [0.25, 0.3) is 0 Å². The van der Waals surface area contributed by atoms with Gasteiger partial charge in [0.1, 0.15) is 5.82 Å². The van der Waals surface area contributed by atoms with Crippen molar-refractivity contribution >= 4 is 57.3 Å². The summed E-state index contributed by atoms with van der Waals surface area (Å²) < 4.78 is 14.5. The number of nitrogens with zero attached hydrogens (tertiary/aromatic N) is 2. The second-order valence-corrected chi connectivity index (χ2v) is 7.82. The van der Waals surface area contributed by atoms with Gasteiger partial charge in [0, 0.05) is 5.75 Å².